The number of benzene rings is 1. The lowest BCUT2D eigenvalue weighted by molar-refractivity contribution is -0.137. The molecule has 140 valence electrons. The van der Waals surface area contributed by atoms with Gasteiger partial charge in [-0.05, 0) is 12.1 Å². The van der Waals surface area contributed by atoms with Crippen molar-refractivity contribution in [3.8, 4) is 11.8 Å². The van der Waals surface area contributed by atoms with E-state index in [1.54, 1.807) is 0 Å². The minimum Gasteiger partial charge on any atom is -0.244 e. The van der Waals surface area contributed by atoms with Gasteiger partial charge in [-0.15, -0.1) is 0 Å². The lowest BCUT2D eigenvalue weighted by atomic mass is 10.2. The fraction of sp³-hybridized carbons (Fsp3) is 0.286. The minimum absolute atomic E-state index is 0.358. The molecule has 1 heterocycles. The molecular formula is C14H9Cl2F4N3O2S. The lowest BCUT2D eigenvalue weighted by Gasteiger charge is -2.14. The van der Waals surface area contributed by atoms with E-state index in [4.69, 9.17) is 28.5 Å². The largest absolute Gasteiger partial charge is 0.416 e. The maximum Gasteiger partial charge on any atom is 0.416 e. The van der Waals surface area contributed by atoms with Crippen LogP contribution in [0.1, 0.15) is 23.9 Å². The average Bonchev–Trinajstić information content (AvgIpc) is 2.92. The summed E-state index contributed by atoms with van der Waals surface area (Å²) in [6.45, 7) is -0.0785. The third-order valence-corrected chi connectivity index (χ3v) is 5.80. The Hall–Kier alpha value is -1.83. The summed E-state index contributed by atoms with van der Waals surface area (Å²) in [7, 11) is -4.04. The molecule has 1 aromatic carbocycles. The van der Waals surface area contributed by atoms with E-state index in [1.807, 2.05) is 0 Å². The van der Waals surface area contributed by atoms with Crippen molar-refractivity contribution in [2.75, 3.05) is 5.75 Å². The van der Waals surface area contributed by atoms with Crippen LogP contribution in [0.2, 0.25) is 10.0 Å². The summed E-state index contributed by atoms with van der Waals surface area (Å²) >= 11 is 11.7. The number of halogens is 6. The van der Waals surface area contributed by atoms with Crippen molar-refractivity contribution in [2.45, 2.75) is 24.7 Å². The summed E-state index contributed by atoms with van der Waals surface area (Å²) in [5, 5.41) is 11.7. The number of hydrogen-bond donors (Lipinski definition) is 0. The molecular weight excluding hydrogens is 421 g/mol. The summed E-state index contributed by atoms with van der Waals surface area (Å²) in [5.41, 5.74) is -2.66. The zero-order valence-corrected chi connectivity index (χ0v) is 15.2. The third-order valence-electron chi connectivity index (χ3n) is 3.41. The van der Waals surface area contributed by atoms with Gasteiger partial charge in [-0.2, -0.15) is 23.5 Å². The molecule has 0 saturated heterocycles. The zero-order chi connectivity index (χ0) is 19.9. The molecule has 0 aliphatic heterocycles. The highest BCUT2D eigenvalue weighted by Gasteiger charge is 2.34. The Balaban J connectivity index is 2.85. The van der Waals surface area contributed by atoms with Crippen LogP contribution in [-0.4, -0.2) is 24.0 Å². The second kappa shape index (κ2) is 7.06. The molecule has 0 amide bonds. The Morgan fingerprint density at radius 2 is 1.81 bits per heavy atom. The Labute approximate surface area is 155 Å². The summed E-state index contributed by atoms with van der Waals surface area (Å²) in [5.74, 6) is -0.436. The van der Waals surface area contributed by atoms with Crippen LogP contribution in [0, 0.1) is 11.3 Å². The van der Waals surface area contributed by atoms with Gasteiger partial charge in [-0.1, -0.05) is 30.1 Å². The van der Waals surface area contributed by atoms with Crippen LogP contribution in [0.4, 0.5) is 17.6 Å². The number of alkyl halides is 4. The first-order valence-electron chi connectivity index (χ1n) is 6.85. The standard InChI is InChI=1S/C14H9Cl2F4N3O2S/c1-2-26(24,25)13-10(6-21)22-23(11(13)5-17)12-8(15)3-7(4-9(12)16)14(18,19)20/h3-4H,2,5H2,1H3. The van der Waals surface area contributed by atoms with Gasteiger partial charge in [-0.3, -0.25) is 0 Å². The van der Waals surface area contributed by atoms with E-state index in [9.17, 15) is 26.0 Å². The van der Waals surface area contributed by atoms with Crippen molar-refractivity contribution in [1.82, 2.24) is 9.78 Å². The molecule has 0 aliphatic rings. The zero-order valence-electron chi connectivity index (χ0n) is 12.9. The molecule has 26 heavy (non-hydrogen) atoms. The van der Waals surface area contributed by atoms with Crippen molar-refractivity contribution in [2.24, 2.45) is 0 Å². The first-order chi connectivity index (χ1) is 12.0. The second-order valence-corrected chi connectivity index (χ2v) is 8.00. The van der Waals surface area contributed by atoms with Gasteiger partial charge in [0, 0.05) is 0 Å². The maximum atomic E-state index is 13.6. The number of sulfone groups is 1. The number of aromatic nitrogens is 2. The van der Waals surface area contributed by atoms with E-state index < -0.39 is 60.3 Å². The molecule has 2 rings (SSSR count). The van der Waals surface area contributed by atoms with Crippen molar-refractivity contribution < 1.29 is 26.0 Å². The molecule has 2 aromatic rings. The van der Waals surface area contributed by atoms with Gasteiger partial charge in [0.05, 0.1) is 27.1 Å². The van der Waals surface area contributed by atoms with Gasteiger partial charge in [0.2, 0.25) is 0 Å². The first-order valence-corrected chi connectivity index (χ1v) is 9.26. The molecule has 0 spiro atoms. The molecule has 0 aliphatic carbocycles. The number of hydrogen-bond acceptors (Lipinski definition) is 4. The third kappa shape index (κ3) is 3.51. The molecule has 0 atom stereocenters. The highest BCUT2D eigenvalue weighted by Crippen LogP contribution is 2.38. The van der Waals surface area contributed by atoms with Crippen LogP contribution in [0.5, 0.6) is 0 Å². The Bertz CT molecular complexity index is 987. The van der Waals surface area contributed by atoms with E-state index in [2.05, 4.69) is 5.10 Å². The normalized spacial score (nSPS) is 12.2. The molecule has 0 unspecified atom stereocenters. The van der Waals surface area contributed by atoms with Crippen LogP contribution >= 0.6 is 23.2 Å². The molecule has 0 bridgehead atoms. The van der Waals surface area contributed by atoms with E-state index in [0.29, 0.717) is 16.8 Å². The molecule has 12 heteroatoms. The number of nitriles is 1. The SMILES string of the molecule is CCS(=O)(=O)c1c(C#N)nn(-c2c(Cl)cc(C(F)(F)F)cc2Cl)c1CF. The molecule has 0 N–H and O–H groups in total. The molecule has 0 saturated carbocycles. The number of nitrogens with zero attached hydrogens (tertiary/aromatic N) is 3. The van der Waals surface area contributed by atoms with Gasteiger partial charge in [-0.25, -0.2) is 17.5 Å². The molecule has 0 radical (unpaired) electrons. The van der Waals surface area contributed by atoms with E-state index in [-0.39, 0.29) is 5.69 Å². The maximum absolute atomic E-state index is 13.6. The molecule has 0 fully saturated rings. The van der Waals surface area contributed by atoms with Crippen LogP contribution in [0.3, 0.4) is 0 Å². The monoisotopic (exact) mass is 429 g/mol. The highest BCUT2D eigenvalue weighted by molar-refractivity contribution is 7.91. The lowest BCUT2D eigenvalue weighted by Crippen LogP contribution is -2.10. The smallest absolute Gasteiger partial charge is 0.244 e. The summed E-state index contributed by atoms with van der Waals surface area (Å²) in [6.07, 6.45) is -4.73. The Morgan fingerprint density at radius 1 is 1.27 bits per heavy atom. The summed E-state index contributed by atoms with van der Waals surface area (Å²) in [6, 6.07) is 2.63. The summed E-state index contributed by atoms with van der Waals surface area (Å²) in [4.78, 5) is -0.642. The van der Waals surface area contributed by atoms with Crippen molar-refractivity contribution in [3.63, 3.8) is 0 Å². The fourth-order valence-corrected chi connectivity index (χ4v) is 4.03. The Morgan fingerprint density at radius 3 is 2.19 bits per heavy atom. The minimum atomic E-state index is -4.73. The van der Waals surface area contributed by atoms with Crippen molar-refractivity contribution in [3.05, 3.63) is 39.1 Å². The van der Waals surface area contributed by atoms with E-state index in [0.717, 1.165) is 0 Å². The van der Waals surface area contributed by atoms with Gasteiger partial charge in [0.15, 0.2) is 15.5 Å². The topological polar surface area (TPSA) is 75.8 Å². The van der Waals surface area contributed by atoms with Gasteiger partial charge in [0.1, 0.15) is 23.3 Å². The van der Waals surface area contributed by atoms with E-state index in [1.165, 1.54) is 13.0 Å². The molecule has 5 nitrogen and oxygen atoms in total. The van der Waals surface area contributed by atoms with Crippen LogP contribution in [0.25, 0.3) is 5.69 Å². The quantitative estimate of drug-likeness (QED) is 0.677. The number of rotatable bonds is 4. The van der Waals surface area contributed by atoms with Crippen LogP contribution < -0.4 is 0 Å². The van der Waals surface area contributed by atoms with Crippen LogP contribution in [-0.2, 0) is 22.7 Å². The molecule has 1 aromatic heterocycles. The fourth-order valence-electron chi connectivity index (χ4n) is 2.22. The van der Waals surface area contributed by atoms with Crippen molar-refractivity contribution in [1.29, 1.82) is 5.26 Å². The summed E-state index contributed by atoms with van der Waals surface area (Å²) < 4.78 is 77.1. The van der Waals surface area contributed by atoms with E-state index >= 15 is 0 Å². The second-order valence-electron chi connectivity index (χ2n) is 4.97. The predicted octanol–water partition coefficient (Wildman–Crippen LogP) is 4.33. The predicted molar refractivity (Wildman–Crippen MR) is 85.8 cm³/mol. The average molecular weight is 430 g/mol. The van der Waals surface area contributed by atoms with Gasteiger partial charge < -0.3 is 0 Å². The van der Waals surface area contributed by atoms with Gasteiger partial charge in [0.25, 0.3) is 0 Å². The first kappa shape index (κ1) is 20.5. The Kier molecular flexibility index (Phi) is 5.56. The van der Waals surface area contributed by atoms with Crippen LogP contribution in [0.15, 0.2) is 17.0 Å². The highest BCUT2D eigenvalue weighted by atomic mass is 35.5. The van der Waals surface area contributed by atoms with Crippen molar-refractivity contribution >= 4 is 33.0 Å². The van der Waals surface area contributed by atoms with Gasteiger partial charge >= 0.3 is 6.18 Å².